The van der Waals surface area contributed by atoms with Crippen LogP contribution in [-0.2, 0) is 4.79 Å². The molecule has 3 rings (SSSR count). The van der Waals surface area contributed by atoms with Gasteiger partial charge in [-0.1, -0.05) is 33.1 Å². The van der Waals surface area contributed by atoms with Crippen LogP contribution in [0.25, 0.3) is 0 Å². The van der Waals surface area contributed by atoms with Gasteiger partial charge in [0, 0.05) is 12.6 Å². The second kappa shape index (κ2) is 6.66. The lowest BCUT2D eigenvalue weighted by molar-refractivity contribution is -0.133. The third-order valence-electron chi connectivity index (χ3n) is 5.69. The molecule has 3 heterocycles. The summed E-state index contributed by atoms with van der Waals surface area (Å²) >= 11 is 0. The van der Waals surface area contributed by atoms with Crippen LogP contribution in [-0.4, -0.2) is 53.1 Å². The van der Waals surface area contributed by atoms with Crippen LogP contribution in [0.1, 0.15) is 65.2 Å². The first-order valence-electron chi connectivity index (χ1n) is 9.08. The first-order chi connectivity index (χ1) is 10.3. The lowest BCUT2D eigenvalue weighted by Crippen LogP contribution is -2.51. The molecular formula is C17H31N3O. The van der Waals surface area contributed by atoms with Crippen molar-refractivity contribution in [3.8, 4) is 0 Å². The zero-order valence-corrected chi connectivity index (χ0v) is 13.7. The molecule has 0 aliphatic carbocycles. The van der Waals surface area contributed by atoms with E-state index < -0.39 is 0 Å². The van der Waals surface area contributed by atoms with Crippen molar-refractivity contribution in [3.63, 3.8) is 0 Å². The van der Waals surface area contributed by atoms with Gasteiger partial charge in [0.05, 0.1) is 18.2 Å². The zero-order chi connectivity index (χ0) is 14.8. The Hall–Kier alpha value is -0.610. The lowest BCUT2D eigenvalue weighted by Gasteiger charge is -2.38. The van der Waals surface area contributed by atoms with E-state index >= 15 is 0 Å². The molecule has 3 saturated heterocycles. The molecule has 0 aromatic heterocycles. The van der Waals surface area contributed by atoms with E-state index in [1.807, 2.05) is 0 Å². The summed E-state index contributed by atoms with van der Waals surface area (Å²) in [6.07, 6.45) is 9.75. The highest BCUT2D eigenvalue weighted by atomic mass is 16.2. The van der Waals surface area contributed by atoms with E-state index in [1.165, 1.54) is 45.2 Å². The number of hydrogen-bond acceptors (Lipinski definition) is 3. The average Bonchev–Trinajstić information content (AvgIpc) is 3.06. The van der Waals surface area contributed by atoms with Crippen molar-refractivity contribution in [1.82, 2.24) is 15.1 Å². The molecular weight excluding hydrogens is 262 g/mol. The van der Waals surface area contributed by atoms with E-state index in [9.17, 15) is 4.79 Å². The van der Waals surface area contributed by atoms with Crippen LogP contribution in [0.15, 0.2) is 0 Å². The number of nitrogens with zero attached hydrogens (tertiary/aromatic N) is 2. The molecule has 1 N–H and O–H groups in total. The third kappa shape index (κ3) is 2.85. The fourth-order valence-corrected chi connectivity index (χ4v) is 4.59. The monoisotopic (exact) mass is 293 g/mol. The van der Waals surface area contributed by atoms with Crippen LogP contribution >= 0.6 is 0 Å². The Labute approximate surface area is 129 Å². The first kappa shape index (κ1) is 15.3. The minimum atomic E-state index is 0.0764. The van der Waals surface area contributed by atoms with Gasteiger partial charge in [0.1, 0.15) is 0 Å². The Kier molecular flexibility index (Phi) is 4.85. The molecule has 4 atom stereocenters. The molecule has 0 aromatic carbocycles. The van der Waals surface area contributed by atoms with Gasteiger partial charge in [-0.2, -0.15) is 0 Å². The normalized spacial score (nSPS) is 37.2. The van der Waals surface area contributed by atoms with Gasteiger partial charge in [-0.05, 0) is 38.6 Å². The predicted molar refractivity (Wildman–Crippen MR) is 85.0 cm³/mol. The molecule has 1 amide bonds. The minimum absolute atomic E-state index is 0.0764. The second-order valence-corrected chi connectivity index (χ2v) is 6.99. The van der Waals surface area contributed by atoms with Crippen molar-refractivity contribution in [1.29, 1.82) is 0 Å². The maximum Gasteiger partial charge on any atom is 0.241 e. The minimum Gasteiger partial charge on any atom is -0.321 e. The molecule has 0 aromatic rings. The fraction of sp³-hybridized carbons (Fsp3) is 0.941. The van der Waals surface area contributed by atoms with E-state index in [-0.39, 0.29) is 12.2 Å². The van der Waals surface area contributed by atoms with Crippen molar-refractivity contribution in [2.45, 2.75) is 89.5 Å². The summed E-state index contributed by atoms with van der Waals surface area (Å²) in [6, 6.07) is 1.16. The second-order valence-electron chi connectivity index (χ2n) is 6.99. The Morgan fingerprint density at radius 3 is 2.76 bits per heavy atom. The van der Waals surface area contributed by atoms with Gasteiger partial charge in [0.25, 0.3) is 0 Å². The summed E-state index contributed by atoms with van der Waals surface area (Å²) in [5.74, 6) is 0.382. The van der Waals surface area contributed by atoms with E-state index in [0.717, 1.165) is 19.3 Å². The summed E-state index contributed by atoms with van der Waals surface area (Å²) < 4.78 is 0. The van der Waals surface area contributed by atoms with Crippen LogP contribution in [0.4, 0.5) is 0 Å². The number of fused-ring (bicyclic) bond motifs is 1. The molecule has 0 spiro atoms. The van der Waals surface area contributed by atoms with Crippen LogP contribution < -0.4 is 5.32 Å². The van der Waals surface area contributed by atoms with Gasteiger partial charge in [-0.15, -0.1) is 0 Å². The van der Waals surface area contributed by atoms with E-state index in [2.05, 4.69) is 29.0 Å². The van der Waals surface area contributed by atoms with E-state index in [1.54, 1.807) is 0 Å². The largest absolute Gasteiger partial charge is 0.321 e. The topological polar surface area (TPSA) is 35.6 Å². The van der Waals surface area contributed by atoms with Crippen molar-refractivity contribution >= 4 is 5.91 Å². The Morgan fingerprint density at radius 2 is 2.00 bits per heavy atom. The lowest BCUT2D eigenvalue weighted by atomic mass is 9.97. The van der Waals surface area contributed by atoms with Gasteiger partial charge in [0.15, 0.2) is 0 Å². The maximum absolute atomic E-state index is 12.9. The number of carbonyl (C=O) groups excluding carboxylic acids is 1. The van der Waals surface area contributed by atoms with E-state index in [0.29, 0.717) is 18.0 Å². The molecule has 3 aliphatic rings. The molecule has 3 aliphatic heterocycles. The van der Waals surface area contributed by atoms with Gasteiger partial charge in [-0.25, -0.2) is 0 Å². The molecule has 21 heavy (non-hydrogen) atoms. The predicted octanol–water partition coefficient (Wildman–Crippen LogP) is 2.34. The van der Waals surface area contributed by atoms with Crippen molar-refractivity contribution in [3.05, 3.63) is 0 Å². The number of hydrogen-bond donors (Lipinski definition) is 1. The van der Waals surface area contributed by atoms with Gasteiger partial charge >= 0.3 is 0 Å². The molecule has 4 nitrogen and oxygen atoms in total. The summed E-state index contributed by atoms with van der Waals surface area (Å²) in [5.41, 5.74) is 0. The summed E-state index contributed by atoms with van der Waals surface area (Å²) in [5, 5.41) is 3.61. The van der Waals surface area contributed by atoms with Crippen LogP contribution in [0, 0.1) is 0 Å². The van der Waals surface area contributed by atoms with Gasteiger partial charge < -0.3 is 4.90 Å². The van der Waals surface area contributed by atoms with E-state index in [4.69, 9.17) is 0 Å². The third-order valence-corrected chi connectivity index (χ3v) is 5.69. The summed E-state index contributed by atoms with van der Waals surface area (Å²) in [6.45, 7) is 6.83. The smallest absolute Gasteiger partial charge is 0.241 e. The Bertz CT molecular complexity index is 373. The highest BCUT2D eigenvalue weighted by molar-refractivity contribution is 5.84. The van der Waals surface area contributed by atoms with Gasteiger partial charge in [-0.3, -0.25) is 15.0 Å². The highest BCUT2D eigenvalue weighted by Crippen LogP contribution is 2.34. The molecule has 4 unspecified atom stereocenters. The van der Waals surface area contributed by atoms with Crippen LogP contribution in [0.3, 0.4) is 0 Å². The number of unbranched alkanes of at least 4 members (excludes halogenated alkanes) is 1. The molecule has 120 valence electrons. The molecule has 3 fully saturated rings. The number of rotatable bonds is 5. The highest BCUT2D eigenvalue weighted by Gasteiger charge is 2.47. The zero-order valence-electron chi connectivity index (χ0n) is 13.7. The number of piperidine rings is 1. The summed E-state index contributed by atoms with van der Waals surface area (Å²) in [4.78, 5) is 17.8. The number of amides is 1. The standard InChI is InChI=1S/C17H31N3O/c1-3-5-8-13-17(21)20(16(4-2)18-13)15-10-12-19-11-7-6-9-14(15)19/h13-16,18H,3-12H2,1-2H3. The molecule has 4 heteroatoms. The van der Waals surface area contributed by atoms with Crippen molar-refractivity contribution in [2.75, 3.05) is 13.1 Å². The first-order valence-corrected chi connectivity index (χ1v) is 9.08. The maximum atomic E-state index is 12.9. The Balaban J connectivity index is 1.71. The number of carbonyl (C=O) groups is 1. The SMILES string of the molecule is CCCCC1NC(CC)N(C2CCN3CCCCC23)C1=O. The fourth-order valence-electron chi connectivity index (χ4n) is 4.59. The molecule has 0 saturated carbocycles. The van der Waals surface area contributed by atoms with Crippen molar-refractivity contribution < 1.29 is 4.79 Å². The van der Waals surface area contributed by atoms with Crippen molar-refractivity contribution in [2.24, 2.45) is 0 Å². The van der Waals surface area contributed by atoms with Gasteiger partial charge in [0.2, 0.25) is 5.91 Å². The molecule has 0 radical (unpaired) electrons. The molecule has 0 bridgehead atoms. The Morgan fingerprint density at radius 1 is 1.14 bits per heavy atom. The average molecular weight is 293 g/mol. The van der Waals surface area contributed by atoms with Crippen LogP contribution in [0.5, 0.6) is 0 Å². The quantitative estimate of drug-likeness (QED) is 0.845. The van der Waals surface area contributed by atoms with Crippen LogP contribution in [0.2, 0.25) is 0 Å². The summed E-state index contributed by atoms with van der Waals surface area (Å²) in [7, 11) is 0. The number of nitrogens with one attached hydrogen (secondary N) is 1.